The van der Waals surface area contributed by atoms with Gasteiger partial charge >= 0.3 is 0 Å². The summed E-state index contributed by atoms with van der Waals surface area (Å²) in [6.07, 6.45) is 0. The number of rotatable bonds is 4. The number of hydrogen-bond acceptors (Lipinski definition) is 6. The van der Waals surface area contributed by atoms with Crippen molar-refractivity contribution in [1.82, 2.24) is 15.0 Å². The fourth-order valence-corrected chi connectivity index (χ4v) is 1.10. The minimum Gasteiger partial charge on any atom is -0.395 e. The van der Waals surface area contributed by atoms with Crippen LogP contribution in [0.1, 0.15) is 0 Å². The summed E-state index contributed by atoms with van der Waals surface area (Å²) in [7, 11) is 5.42. The van der Waals surface area contributed by atoms with E-state index in [0.717, 1.165) is 0 Å². The zero-order chi connectivity index (χ0) is 11.4. The van der Waals surface area contributed by atoms with Crippen molar-refractivity contribution in [3.63, 3.8) is 0 Å². The number of aliphatic hydroxyl groups excluding tert-OH is 1. The van der Waals surface area contributed by atoms with Crippen LogP contribution in [0.2, 0.25) is 5.28 Å². The first kappa shape index (κ1) is 11.9. The van der Waals surface area contributed by atoms with Crippen LogP contribution >= 0.6 is 11.6 Å². The Morgan fingerprint density at radius 2 is 1.73 bits per heavy atom. The lowest BCUT2D eigenvalue weighted by Gasteiger charge is -2.17. The van der Waals surface area contributed by atoms with Crippen LogP contribution < -0.4 is 9.80 Å². The van der Waals surface area contributed by atoms with Crippen molar-refractivity contribution in [2.45, 2.75) is 0 Å². The van der Waals surface area contributed by atoms with Gasteiger partial charge in [0.1, 0.15) is 0 Å². The molecule has 0 amide bonds. The molecule has 0 atom stereocenters. The van der Waals surface area contributed by atoms with Gasteiger partial charge in [-0.05, 0) is 11.6 Å². The zero-order valence-corrected chi connectivity index (χ0v) is 9.73. The second-order valence-corrected chi connectivity index (χ2v) is 3.58. The van der Waals surface area contributed by atoms with Crippen LogP contribution in [0.5, 0.6) is 0 Å². The van der Waals surface area contributed by atoms with E-state index in [4.69, 9.17) is 16.7 Å². The first-order chi connectivity index (χ1) is 7.04. The number of nitrogens with zero attached hydrogens (tertiary/aromatic N) is 5. The number of aromatic nitrogens is 3. The quantitative estimate of drug-likeness (QED) is 0.788. The Kier molecular flexibility index (Phi) is 4.05. The molecule has 0 aliphatic carbocycles. The van der Waals surface area contributed by atoms with Crippen LogP contribution in [0.15, 0.2) is 0 Å². The van der Waals surface area contributed by atoms with Crippen LogP contribution in [-0.4, -0.2) is 54.4 Å². The number of aliphatic hydroxyl groups is 1. The van der Waals surface area contributed by atoms with Crippen molar-refractivity contribution in [3.05, 3.63) is 5.28 Å². The van der Waals surface area contributed by atoms with Gasteiger partial charge in [0.05, 0.1) is 6.61 Å². The molecular formula is C8H14ClN5O. The Morgan fingerprint density at radius 1 is 1.13 bits per heavy atom. The minimum atomic E-state index is 0.0388. The highest BCUT2D eigenvalue weighted by Crippen LogP contribution is 2.13. The molecule has 0 spiro atoms. The normalized spacial score (nSPS) is 10.2. The average molecular weight is 232 g/mol. The van der Waals surface area contributed by atoms with Crippen molar-refractivity contribution in [2.24, 2.45) is 0 Å². The Balaban J connectivity index is 2.98. The molecule has 15 heavy (non-hydrogen) atoms. The summed E-state index contributed by atoms with van der Waals surface area (Å²) in [5, 5.41) is 8.94. The Bertz CT molecular complexity index is 333. The molecule has 0 saturated heterocycles. The first-order valence-corrected chi connectivity index (χ1v) is 4.83. The van der Waals surface area contributed by atoms with Gasteiger partial charge in [0.15, 0.2) is 0 Å². The molecule has 7 heteroatoms. The summed E-state index contributed by atoms with van der Waals surface area (Å²) in [5.41, 5.74) is 0. The highest BCUT2D eigenvalue weighted by atomic mass is 35.5. The molecule has 0 aliphatic heterocycles. The molecule has 0 unspecified atom stereocenters. The number of anilines is 2. The molecule has 0 bridgehead atoms. The van der Waals surface area contributed by atoms with Crippen LogP contribution in [0.3, 0.4) is 0 Å². The lowest BCUT2D eigenvalue weighted by atomic mass is 10.6. The maximum absolute atomic E-state index is 8.79. The summed E-state index contributed by atoms with van der Waals surface area (Å²) in [5.74, 6) is 0.947. The molecule has 1 rings (SSSR count). The molecule has 0 aliphatic rings. The van der Waals surface area contributed by atoms with E-state index >= 15 is 0 Å². The second-order valence-electron chi connectivity index (χ2n) is 3.24. The van der Waals surface area contributed by atoms with Crippen LogP contribution in [0.4, 0.5) is 11.9 Å². The van der Waals surface area contributed by atoms with E-state index in [-0.39, 0.29) is 11.9 Å². The molecular weight excluding hydrogens is 218 g/mol. The van der Waals surface area contributed by atoms with E-state index in [2.05, 4.69) is 15.0 Å². The van der Waals surface area contributed by atoms with E-state index < -0.39 is 0 Å². The van der Waals surface area contributed by atoms with E-state index in [1.54, 1.807) is 16.8 Å². The van der Waals surface area contributed by atoms with Crippen molar-refractivity contribution < 1.29 is 5.11 Å². The highest BCUT2D eigenvalue weighted by molar-refractivity contribution is 6.28. The van der Waals surface area contributed by atoms with Gasteiger partial charge in [-0.15, -0.1) is 0 Å². The molecule has 1 aromatic heterocycles. The van der Waals surface area contributed by atoms with E-state index in [1.807, 2.05) is 14.1 Å². The third-order valence-corrected chi connectivity index (χ3v) is 1.93. The number of hydrogen-bond donors (Lipinski definition) is 1. The molecule has 84 valence electrons. The summed E-state index contributed by atoms with van der Waals surface area (Å²) < 4.78 is 0. The third-order valence-electron chi connectivity index (χ3n) is 1.76. The number of halogens is 1. The van der Waals surface area contributed by atoms with Crippen molar-refractivity contribution in [2.75, 3.05) is 44.1 Å². The van der Waals surface area contributed by atoms with Crippen LogP contribution in [-0.2, 0) is 0 Å². The summed E-state index contributed by atoms with van der Waals surface area (Å²) in [4.78, 5) is 15.6. The minimum absolute atomic E-state index is 0.0388. The fraction of sp³-hybridized carbons (Fsp3) is 0.625. The Labute approximate surface area is 93.5 Å². The van der Waals surface area contributed by atoms with Crippen molar-refractivity contribution in [3.8, 4) is 0 Å². The molecule has 1 aromatic rings. The fourth-order valence-electron chi connectivity index (χ4n) is 0.950. The van der Waals surface area contributed by atoms with Crippen molar-refractivity contribution in [1.29, 1.82) is 0 Å². The van der Waals surface area contributed by atoms with Crippen molar-refractivity contribution >= 4 is 23.5 Å². The van der Waals surface area contributed by atoms with Gasteiger partial charge in [-0.3, -0.25) is 0 Å². The smallest absolute Gasteiger partial charge is 0.231 e. The lowest BCUT2D eigenvalue weighted by Crippen LogP contribution is -2.25. The largest absolute Gasteiger partial charge is 0.395 e. The molecule has 0 aromatic carbocycles. The molecule has 6 nitrogen and oxygen atoms in total. The molecule has 1 N–H and O–H groups in total. The van der Waals surface area contributed by atoms with E-state index in [0.29, 0.717) is 18.4 Å². The third kappa shape index (κ3) is 3.17. The SMILES string of the molecule is CN(C)c1nc(Cl)nc(N(C)CCO)n1. The number of likely N-dealkylation sites (N-methyl/N-ethyl adjacent to an activating group) is 1. The maximum atomic E-state index is 8.79. The zero-order valence-electron chi connectivity index (χ0n) is 8.98. The standard InChI is InChI=1S/C8H14ClN5O/c1-13(2)7-10-6(9)11-8(12-7)14(3)4-5-15/h15H,4-5H2,1-3H3. The van der Waals surface area contributed by atoms with Gasteiger partial charge in [-0.1, -0.05) is 0 Å². The Morgan fingerprint density at radius 3 is 2.27 bits per heavy atom. The molecule has 0 radical (unpaired) electrons. The molecule has 1 heterocycles. The first-order valence-electron chi connectivity index (χ1n) is 4.45. The van der Waals surface area contributed by atoms with Crippen LogP contribution in [0, 0.1) is 0 Å². The summed E-state index contributed by atoms with van der Waals surface area (Å²) >= 11 is 5.76. The summed E-state index contributed by atoms with van der Waals surface area (Å²) in [6, 6.07) is 0. The predicted molar refractivity (Wildman–Crippen MR) is 59.5 cm³/mol. The summed E-state index contributed by atoms with van der Waals surface area (Å²) in [6.45, 7) is 0.490. The molecule has 0 fully saturated rings. The van der Waals surface area contributed by atoms with Gasteiger partial charge in [0.25, 0.3) is 0 Å². The Hall–Kier alpha value is -1.14. The highest BCUT2D eigenvalue weighted by Gasteiger charge is 2.09. The van der Waals surface area contributed by atoms with Gasteiger partial charge in [0.2, 0.25) is 17.2 Å². The lowest BCUT2D eigenvalue weighted by molar-refractivity contribution is 0.303. The monoisotopic (exact) mass is 231 g/mol. The maximum Gasteiger partial charge on any atom is 0.231 e. The van der Waals surface area contributed by atoms with E-state index in [9.17, 15) is 0 Å². The predicted octanol–water partition coefficient (Wildman–Crippen LogP) is 0.0195. The van der Waals surface area contributed by atoms with Gasteiger partial charge < -0.3 is 14.9 Å². The average Bonchev–Trinajstić information content (AvgIpc) is 2.17. The van der Waals surface area contributed by atoms with Gasteiger partial charge in [-0.2, -0.15) is 15.0 Å². The van der Waals surface area contributed by atoms with Gasteiger partial charge in [0, 0.05) is 27.7 Å². The second kappa shape index (κ2) is 5.09. The van der Waals surface area contributed by atoms with E-state index in [1.165, 1.54) is 0 Å². The van der Waals surface area contributed by atoms with Crippen LogP contribution in [0.25, 0.3) is 0 Å². The topological polar surface area (TPSA) is 65.4 Å². The van der Waals surface area contributed by atoms with Gasteiger partial charge in [-0.25, -0.2) is 0 Å². The molecule has 0 saturated carbocycles.